The van der Waals surface area contributed by atoms with Gasteiger partial charge in [0.2, 0.25) is 0 Å². The van der Waals surface area contributed by atoms with Crippen LogP contribution in [0.5, 0.6) is 5.75 Å². The normalized spacial score (nSPS) is 31.4. The van der Waals surface area contributed by atoms with E-state index in [1.165, 1.54) is 12.8 Å². The average Bonchev–Trinajstić information content (AvgIpc) is 2.60. The maximum Gasteiger partial charge on any atom is 0.116 e. The van der Waals surface area contributed by atoms with Crippen LogP contribution < -0.4 is 0 Å². The van der Waals surface area contributed by atoms with Gasteiger partial charge in [0, 0.05) is 24.2 Å². The quantitative estimate of drug-likeness (QED) is 0.914. The van der Waals surface area contributed by atoms with E-state index in [2.05, 4.69) is 16.8 Å². The van der Waals surface area contributed by atoms with Crippen LogP contribution in [0, 0.1) is 11.8 Å². The first-order valence-electron chi connectivity index (χ1n) is 8.67. The number of phenolic OH excluding ortho intramolecular Hbond substituents is 1. The fraction of sp³-hybridized carbons (Fsp3) is 0.526. The summed E-state index contributed by atoms with van der Waals surface area (Å²) in [6.45, 7) is 4.48. The number of aromatic nitrogens is 1. The third-order valence-electron chi connectivity index (χ3n) is 5.90. The van der Waals surface area contributed by atoms with Gasteiger partial charge in [-0.2, -0.15) is 0 Å². The largest absolute Gasteiger partial charge is 0.508 e. The fourth-order valence-electron chi connectivity index (χ4n) is 4.59. The molecule has 5 atom stereocenters. The predicted octanol–water partition coefficient (Wildman–Crippen LogP) is 3.09. The van der Waals surface area contributed by atoms with Crippen LogP contribution >= 0.6 is 0 Å². The lowest BCUT2D eigenvalue weighted by Gasteiger charge is -2.51. The number of aliphatic hydroxyl groups is 1. The molecule has 3 aliphatic heterocycles. The van der Waals surface area contributed by atoms with Crippen molar-refractivity contribution in [2.24, 2.45) is 11.8 Å². The maximum atomic E-state index is 11.1. The highest BCUT2D eigenvalue weighted by molar-refractivity contribution is 5.83. The molecule has 122 valence electrons. The van der Waals surface area contributed by atoms with Crippen molar-refractivity contribution in [2.75, 3.05) is 13.1 Å². The van der Waals surface area contributed by atoms with Crippen LogP contribution in [0.3, 0.4) is 0 Å². The second kappa shape index (κ2) is 5.77. The Labute approximate surface area is 136 Å². The van der Waals surface area contributed by atoms with E-state index in [0.29, 0.717) is 0 Å². The van der Waals surface area contributed by atoms with E-state index in [-0.39, 0.29) is 11.8 Å². The highest BCUT2D eigenvalue weighted by Gasteiger charge is 2.42. The number of aliphatic hydroxyl groups excluding tert-OH is 1. The molecule has 2 aromatic rings. The SMILES string of the molecule is CC[C@H]1CN2CC[C@H]1C[C@@H]2[C@@H](O)c1ccnc2ccc(O)cc12. The Hall–Kier alpha value is -1.65. The number of rotatable bonds is 3. The highest BCUT2D eigenvalue weighted by Crippen LogP contribution is 2.42. The van der Waals surface area contributed by atoms with Crippen molar-refractivity contribution in [3.8, 4) is 5.75 Å². The Bertz CT molecular complexity index is 718. The van der Waals surface area contributed by atoms with Gasteiger partial charge in [-0.25, -0.2) is 0 Å². The van der Waals surface area contributed by atoms with Crippen molar-refractivity contribution in [1.82, 2.24) is 9.88 Å². The smallest absolute Gasteiger partial charge is 0.116 e. The first-order chi connectivity index (χ1) is 11.2. The van der Waals surface area contributed by atoms with E-state index >= 15 is 0 Å². The van der Waals surface area contributed by atoms with Gasteiger partial charge in [-0.3, -0.25) is 9.88 Å². The molecule has 0 radical (unpaired) electrons. The van der Waals surface area contributed by atoms with Gasteiger partial charge >= 0.3 is 0 Å². The Morgan fingerprint density at radius 3 is 2.96 bits per heavy atom. The zero-order valence-electron chi connectivity index (χ0n) is 13.5. The molecule has 3 saturated heterocycles. The molecule has 1 aromatic heterocycles. The Morgan fingerprint density at radius 1 is 1.35 bits per heavy atom. The van der Waals surface area contributed by atoms with Crippen molar-refractivity contribution in [1.29, 1.82) is 0 Å². The number of fused-ring (bicyclic) bond motifs is 4. The van der Waals surface area contributed by atoms with Crippen LogP contribution in [-0.4, -0.2) is 39.2 Å². The van der Waals surface area contributed by atoms with Crippen LogP contribution in [0.1, 0.15) is 37.9 Å². The second-order valence-electron chi connectivity index (χ2n) is 7.06. The zero-order chi connectivity index (χ0) is 16.0. The van der Waals surface area contributed by atoms with Crippen molar-refractivity contribution >= 4 is 10.9 Å². The van der Waals surface area contributed by atoms with Gasteiger partial charge in [0.15, 0.2) is 0 Å². The topological polar surface area (TPSA) is 56.6 Å². The number of aromatic hydroxyl groups is 1. The van der Waals surface area contributed by atoms with Gasteiger partial charge in [0.1, 0.15) is 5.75 Å². The first kappa shape index (κ1) is 14.9. The number of piperidine rings is 3. The van der Waals surface area contributed by atoms with Crippen molar-refractivity contribution < 1.29 is 10.2 Å². The molecular formula is C19H24N2O2. The summed E-state index contributed by atoms with van der Waals surface area (Å²) in [7, 11) is 0. The van der Waals surface area contributed by atoms with Crippen molar-refractivity contribution in [3.63, 3.8) is 0 Å². The summed E-state index contributed by atoms with van der Waals surface area (Å²) >= 11 is 0. The van der Waals surface area contributed by atoms with E-state index in [1.807, 2.05) is 6.07 Å². The van der Waals surface area contributed by atoms with Gasteiger partial charge in [-0.15, -0.1) is 0 Å². The standard InChI is InChI=1S/C19H24N2O2/c1-2-12-11-21-8-6-13(12)9-18(21)19(23)15-5-7-20-17-4-3-14(22)10-16(15)17/h3-5,7,10,12-13,18-19,22-23H,2,6,8-9,11H2,1H3/t12-,13-,18+,19-/m0/s1. The number of hydrogen-bond donors (Lipinski definition) is 2. The van der Waals surface area contributed by atoms with Crippen LogP contribution in [0.4, 0.5) is 0 Å². The Morgan fingerprint density at radius 2 is 2.22 bits per heavy atom. The van der Waals surface area contributed by atoms with E-state index < -0.39 is 6.10 Å². The lowest BCUT2D eigenvalue weighted by molar-refractivity contribution is -0.0562. The van der Waals surface area contributed by atoms with E-state index in [1.54, 1.807) is 24.4 Å². The first-order valence-corrected chi connectivity index (χ1v) is 8.67. The molecule has 0 spiro atoms. The van der Waals surface area contributed by atoms with Crippen molar-refractivity contribution in [2.45, 2.75) is 38.3 Å². The number of hydrogen-bond acceptors (Lipinski definition) is 4. The molecule has 3 aliphatic rings. The molecule has 2 N–H and O–H groups in total. The third-order valence-corrected chi connectivity index (χ3v) is 5.90. The number of nitrogens with zero attached hydrogens (tertiary/aromatic N) is 2. The number of phenols is 1. The van der Waals surface area contributed by atoms with Crippen molar-refractivity contribution in [3.05, 3.63) is 36.0 Å². The molecule has 1 aromatic carbocycles. The van der Waals surface area contributed by atoms with Crippen LogP contribution in [0.2, 0.25) is 0 Å². The van der Waals surface area contributed by atoms with Gasteiger partial charge < -0.3 is 10.2 Å². The molecule has 0 amide bonds. The molecule has 4 heterocycles. The Kier molecular flexibility index (Phi) is 3.74. The van der Waals surface area contributed by atoms with Crippen LogP contribution in [-0.2, 0) is 0 Å². The summed E-state index contributed by atoms with van der Waals surface area (Å²) in [5.41, 5.74) is 1.71. The second-order valence-corrected chi connectivity index (χ2v) is 7.06. The Balaban J connectivity index is 1.68. The van der Waals surface area contributed by atoms with Crippen LogP contribution in [0.15, 0.2) is 30.5 Å². The minimum Gasteiger partial charge on any atom is -0.508 e. The third kappa shape index (κ3) is 2.50. The molecule has 3 fully saturated rings. The molecule has 0 saturated carbocycles. The van der Waals surface area contributed by atoms with E-state index in [9.17, 15) is 10.2 Å². The van der Waals surface area contributed by atoms with Crippen LogP contribution in [0.25, 0.3) is 10.9 Å². The molecule has 5 rings (SSSR count). The lowest BCUT2D eigenvalue weighted by Crippen LogP contribution is -2.55. The maximum absolute atomic E-state index is 11.1. The molecule has 23 heavy (non-hydrogen) atoms. The molecule has 4 heteroatoms. The summed E-state index contributed by atoms with van der Waals surface area (Å²) in [6, 6.07) is 7.24. The summed E-state index contributed by atoms with van der Waals surface area (Å²) in [5.74, 6) is 1.74. The van der Waals surface area contributed by atoms with Gasteiger partial charge in [-0.05, 0) is 61.1 Å². The summed E-state index contributed by atoms with van der Waals surface area (Å²) in [6.07, 6.45) is 4.80. The van der Waals surface area contributed by atoms with Gasteiger partial charge in [-0.1, -0.05) is 13.3 Å². The minimum absolute atomic E-state index is 0.185. The number of benzene rings is 1. The average molecular weight is 312 g/mol. The fourth-order valence-corrected chi connectivity index (χ4v) is 4.59. The van der Waals surface area contributed by atoms with Gasteiger partial charge in [0.25, 0.3) is 0 Å². The summed E-state index contributed by atoms with van der Waals surface area (Å²) in [5, 5.41) is 21.7. The lowest BCUT2D eigenvalue weighted by atomic mass is 9.72. The molecule has 1 unspecified atom stereocenters. The molecular weight excluding hydrogens is 288 g/mol. The summed E-state index contributed by atoms with van der Waals surface area (Å²) in [4.78, 5) is 6.81. The predicted molar refractivity (Wildman–Crippen MR) is 90.2 cm³/mol. The molecule has 0 aliphatic carbocycles. The van der Waals surface area contributed by atoms with E-state index in [4.69, 9.17) is 0 Å². The monoisotopic (exact) mass is 312 g/mol. The number of pyridine rings is 1. The zero-order valence-corrected chi connectivity index (χ0v) is 13.5. The summed E-state index contributed by atoms with van der Waals surface area (Å²) < 4.78 is 0. The minimum atomic E-state index is -0.525. The van der Waals surface area contributed by atoms with E-state index in [0.717, 1.165) is 47.8 Å². The highest BCUT2D eigenvalue weighted by atomic mass is 16.3. The molecule has 4 nitrogen and oxygen atoms in total. The molecule has 2 bridgehead atoms. The van der Waals surface area contributed by atoms with Gasteiger partial charge in [0.05, 0.1) is 11.6 Å².